The molecule has 0 aliphatic carbocycles. The molecule has 5 heteroatoms. The SMILES string of the molecule is CN(C)S(=O)(=O)C(F)c1ccccc1. The fourth-order valence-corrected chi connectivity index (χ4v) is 1.83. The van der Waals surface area contributed by atoms with Crippen molar-refractivity contribution in [2.24, 2.45) is 0 Å². The van der Waals surface area contributed by atoms with Crippen LogP contribution in [0, 0.1) is 0 Å². The summed E-state index contributed by atoms with van der Waals surface area (Å²) < 4.78 is 37.2. The number of hydrogen-bond acceptors (Lipinski definition) is 2. The number of halogens is 1. The lowest BCUT2D eigenvalue weighted by Gasteiger charge is -2.15. The second kappa shape index (κ2) is 4.06. The van der Waals surface area contributed by atoms with Gasteiger partial charge in [0.25, 0.3) is 0 Å². The van der Waals surface area contributed by atoms with Crippen LogP contribution in [0.4, 0.5) is 4.39 Å². The Morgan fingerprint density at radius 3 is 2.14 bits per heavy atom. The molecule has 78 valence electrons. The van der Waals surface area contributed by atoms with Crippen molar-refractivity contribution in [3.05, 3.63) is 35.9 Å². The summed E-state index contributed by atoms with van der Waals surface area (Å²) in [5.41, 5.74) is -1.83. The summed E-state index contributed by atoms with van der Waals surface area (Å²) in [7, 11) is -1.24. The molecule has 0 saturated heterocycles. The molecule has 1 atom stereocenters. The van der Waals surface area contributed by atoms with Crippen LogP contribution in [0.5, 0.6) is 0 Å². The Labute approximate surface area is 83.2 Å². The smallest absolute Gasteiger partial charge is 0.223 e. The van der Waals surface area contributed by atoms with Gasteiger partial charge in [-0.3, -0.25) is 0 Å². The first-order chi connectivity index (χ1) is 6.46. The van der Waals surface area contributed by atoms with Crippen LogP contribution in [0.2, 0.25) is 0 Å². The summed E-state index contributed by atoms with van der Waals surface area (Å²) >= 11 is 0. The highest BCUT2D eigenvalue weighted by Gasteiger charge is 2.28. The van der Waals surface area contributed by atoms with Crippen molar-refractivity contribution in [1.82, 2.24) is 4.31 Å². The van der Waals surface area contributed by atoms with Gasteiger partial charge in [0.1, 0.15) is 0 Å². The Kier molecular flexibility index (Phi) is 3.23. The Bertz CT molecular complexity index is 389. The van der Waals surface area contributed by atoms with E-state index >= 15 is 0 Å². The van der Waals surface area contributed by atoms with Crippen molar-refractivity contribution in [3.63, 3.8) is 0 Å². The lowest BCUT2D eigenvalue weighted by molar-refractivity contribution is 0.401. The second-order valence-electron chi connectivity index (χ2n) is 3.05. The van der Waals surface area contributed by atoms with Crippen LogP contribution >= 0.6 is 0 Å². The third-order valence-electron chi connectivity index (χ3n) is 1.83. The number of nitrogens with zero attached hydrogens (tertiary/aromatic N) is 1. The van der Waals surface area contributed by atoms with E-state index in [9.17, 15) is 12.8 Å². The third kappa shape index (κ3) is 2.10. The molecule has 0 amide bonds. The molecule has 0 aromatic heterocycles. The van der Waals surface area contributed by atoms with Gasteiger partial charge < -0.3 is 0 Å². The molecule has 3 nitrogen and oxygen atoms in total. The fraction of sp³-hybridized carbons (Fsp3) is 0.333. The van der Waals surface area contributed by atoms with E-state index in [1.807, 2.05) is 0 Å². The maximum Gasteiger partial charge on any atom is 0.250 e. The Balaban J connectivity index is 3.03. The molecule has 1 aromatic rings. The number of benzene rings is 1. The van der Waals surface area contributed by atoms with E-state index in [1.54, 1.807) is 18.2 Å². The summed E-state index contributed by atoms with van der Waals surface area (Å²) in [6, 6.07) is 7.82. The molecule has 0 fully saturated rings. The highest BCUT2D eigenvalue weighted by atomic mass is 32.2. The standard InChI is InChI=1S/C9H12FNO2S/c1-11(2)14(12,13)9(10)8-6-4-3-5-7-8/h3-7,9H,1-2H3. The third-order valence-corrected chi connectivity index (χ3v) is 3.65. The van der Waals surface area contributed by atoms with Crippen molar-refractivity contribution < 1.29 is 12.8 Å². The van der Waals surface area contributed by atoms with Crippen molar-refractivity contribution in [3.8, 4) is 0 Å². The van der Waals surface area contributed by atoms with Crippen LogP contribution in [0.3, 0.4) is 0 Å². The molecule has 14 heavy (non-hydrogen) atoms. The number of sulfonamides is 1. The molecule has 0 radical (unpaired) electrons. The minimum absolute atomic E-state index is 0.154. The molecular formula is C9H12FNO2S. The predicted molar refractivity (Wildman–Crippen MR) is 52.9 cm³/mol. The maximum atomic E-state index is 13.5. The second-order valence-corrected chi connectivity index (χ2v) is 5.23. The number of alkyl halides is 1. The van der Waals surface area contributed by atoms with Crippen LogP contribution in [0.25, 0.3) is 0 Å². The zero-order valence-electron chi connectivity index (χ0n) is 8.01. The number of rotatable bonds is 3. The lowest BCUT2D eigenvalue weighted by Crippen LogP contribution is -2.26. The fourth-order valence-electron chi connectivity index (χ4n) is 0.961. The zero-order chi connectivity index (χ0) is 10.8. The Morgan fingerprint density at radius 2 is 1.71 bits per heavy atom. The van der Waals surface area contributed by atoms with Gasteiger partial charge in [0.2, 0.25) is 15.5 Å². The van der Waals surface area contributed by atoms with Crippen molar-refractivity contribution in [2.75, 3.05) is 14.1 Å². The van der Waals surface area contributed by atoms with Gasteiger partial charge in [-0.1, -0.05) is 30.3 Å². The average Bonchev–Trinajstić information content (AvgIpc) is 2.17. The van der Waals surface area contributed by atoms with E-state index in [4.69, 9.17) is 0 Å². The molecule has 1 rings (SSSR count). The van der Waals surface area contributed by atoms with Crippen LogP contribution in [0.15, 0.2) is 30.3 Å². The van der Waals surface area contributed by atoms with E-state index < -0.39 is 15.5 Å². The maximum absolute atomic E-state index is 13.5. The largest absolute Gasteiger partial charge is 0.250 e. The summed E-state index contributed by atoms with van der Waals surface area (Å²) in [4.78, 5) is 0. The van der Waals surface area contributed by atoms with Crippen molar-refractivity contribution in [2.45, 2.75) is 5.50 Å². The molecule has 0 spiro atoms. The molecule has 0 bridgehead atoms. The summed E-state index contributed by atoms with van der Waals surface area (Å²) in [6.45, 7) is 0. The first kappa shape index (κ1) is 11.1. The van der Waals surface area contributed by atoms with Crippen LogP contribution in [0.1, 0.15) is 11.1 Å². The van der Waals surface area contributed by atoms with Crippen LogP contribution in [-0.2, 0) is 10.0 Å². The molecule has 0 aliphatic rings. The highest BCUT2D eigenvalue weighted by molar-refractivity contribution is 7.89. The first-order valence-electron chi connectivity index (χ1n) is 4.06. The summed E-state index contributed by atoms with van der Waals surface area (Å²) in [5.74, 6) is 0. The molecular weight excluding hydrogens is 205 g/mol. The van der Waals surface area contributed by atoms with Gasteiger partial charge in [0.15, 0.2) is 0 Å². The van der Waals surface area contributed by atoms with Gasteiger partial charge >= 0.3 is 0 Å². The van der Waals surface area contributed by atoms with E-state index in [2.05, 4.69) is 0 Å². The van der Waals surface area contributed by atoms with Crippen LogP contribution in [-0.4, -0.2) is 26.8 Å². The van der Waals surface area contributed by atoms with Gasteiger partial charge in [-0.25, -0.2) is 17.1 Å². The molecule has 0 N–H and O–H groups in total. The minimum atomic E-state index is -3.86. The van der Waals surface area contributed by atoms with E-state index in [-0.39, 0.29) is 5.56 Å². The van der Waals surface area contributed by atoms with Gasteiger partial charge in [-0.2, -0.15) is 0 Å². The molecule has 0 saturated carbocycles. The molecule has 0 heterocycles. The molecule has 1 aromatic carbocycles. The van der Waals surface area contributed by atoms with Gasteiger partial charge in [0, 0.05) is 19.7 Å². The van der Waals surface area contributed by atoms with Crippen LogP contribution < -0.4 is 0 Å². The van der Waals surface area contributed by atoms with Gasteiger partial charge in [-0.15, -0.1) is 0 Å². The van der Waals surface area contributed by atoms with Crippen molar-refractivity contribution in [1.29, 1.82) is 0 Å². The summed E-state index contributed by atoms with van der Waals surface area (Å²) in [5, 5.41) is 0. The quantitative estimate of drug-likeness (QED) is 0.770. The highest BCUT2D eigenvalue weighted by Crippen LogP contribution is 2.24. The molecule has 0 aliphatic heterocycles. The predicted octanol–water partition coefficient (Wildman–Crippen LogP) is 1.55. The van der Waals surface area contributed by atoms with E-state index in [0.29, 0.717) is 0 Å². The average molecular weight is 217 g/mol. The Hall–Kier alpha value is -0.940. The molecule has 1 unspecified atom stereocenters. The topological polar surface area (TPSA) is 37.4 Å². The number of hydrogen-bond donors (Lipinski definition) is 0. The van der Waals surface area contributed by atoms with Crippen molar-refractivity contribution >= 4 is 10.0 Å². The van der Waals surface area contributed by atoms with E-state index in [1.165, 1.54) is 26.2 Å². The first-order valence-corrected chi connectivity index (χ1v) is 5.57. The monoisotopic (exact) mass is 217 g/mol. The van der Waals surface area contributed by atoms with Gasteiger partial charge in [0.05, 0.1) is 0 Å². The zero-order valence-corrected chi connectivity index (χ0v) is 8.83. The lowest BCUT2D eigenvalue weighted by atomic mass is 10.2. The summed E-state index contributed by atoms with van der Waals surface area (Å²) in [6.07, 6.45) is 0. The minimum Gasteiger partial charge on any atom is -0.223 e. The van der Waals surface area contributed by atoms with Gasteiger partial charge in [-0.05, 0) is 0 Å². The Morgan fingerprint density at radius 1 is 1.21 bits per heavy atom. The normalized spacial score (nSPS) is 14.3. The van der Waals surface area contributed by atoms with E-state index in [0.717, 1.165) is 4.31 Å².